The first-order chi connectivity index (χ1) is 7.31. The standard InChI is InChI=1S/C8H16N2O6.2Na/c9-4-8(1-5(11)12,2-6(13)14)10-3-7(15)16;;/h5,10-12H,1-4,9H2,(H,13,14)(H,15,16);;/q;2*+1/p-2. The third-order valence-corrected chi connectivity index (χ3v) is 2.05. The first-order valence-corrected chi connectivity index (χ1v) is 4.52. The van der Waals surface area contributed by atoms with E-state index in [2.05, 4.69) is 5.32 Å². The predicted molar refractivity (Wildman–Crippen MR) is 47.3 cm³/mol. The third-order valence-electron chi connectivity index (χ3n) is 2.05. The molecule has 0 radical (unpaired) electrons. The van der Waals surface area contributed by atoms with Gasteiger partial charge in [0, 0.05) is 37.4 Å². The van der Waals surface area contributed by atoms with E-state index in [1.807, 2.05) is 0 Å². The molecule has 0 rings (SSSR count). The number of nitrogens with two attached hydrogens (primary N) is 1. The number of rotatable bonds is 8. The number of hydrogen-bond donors (Lipinski definition) is 4. The van der Waals surface area contributed by atoms with Crippen molar-refractivity contribution in [3.05, 3.63) is 0 Å². The van der Waals surface area contributed by atoms with Crippen LogP contribution >= 0.6 is 0 Å². The van der Waals surface area contributed by atoms with Crippen molar-refractivity contribution >= 4 is 11.9 Å². The molecule has 94 valence electrons. The molecule has 0 aliphatic rings. The van der Waals surface area contributed by atoms with E-state index in [4.69, 9.17) is 15.9 Å². The molecule has 0 aliphatic carbocycles. The molecule has 18 heavy (non-hydrogen) atoms. The molecule has 1 unspecified atom stereocenters. The van der Waals surface area contributed by atoms with Crippen molar-refractivity contribution in [2.75, 3.05) is 13.1 Å². The van der Waals surface area contributed by atoms with Crippen molar-refractivity contribution in [1.82, 2.24) is 5.32 Å². The summed E-state index contributed by atoms with van der Waals surface area (Å²) in [5, 5.41) is 40.6. The zero-order valence-corrected chi connectivity index (χ0v) is 14.5. The molecule has 0 heterocycles. The average Bonchev–Trinajstić information content (AvgIpc) is 2.12. The van der Waals surface area contributed by atoms with Gasteiger partial charge in [-0.2, -0.15) is 0 Å². The van der Waals surface area contributed by atoms with Crippen molar-refractivity contribution in [3.63, 3.8) is 0 Å². The average molecular weight is 280 g/mol. The molecule has 0 bridgehead atoms. The first kappa shape index (κ1) is 23.8. The van der Waals surface area contributed by atoms with Gasteiger partial charge in [0.15, 0.2) is 6.29 Å². The van der Waals surface area contributed by atoms with Crippen molar-refractivity contribution in [1.29, 1.82) is 0 Å². The Morgan fingerprint density at radius 1 is 1.22 bits per heavy atom. The van der Waals surface area contributed by atoms with E-state index in [0.29, 0.717) is 0 Å². The van der Waals surface area contributed by atoms with Crippen molar-refractivity contribution < 1.29 is 89.1 Å². The van der Waals surface area contributed by atoms with Gasteiger partial charge in [-0.25, -0.2) is 0 Å². The maximum atomic E-state index is 10.5. The number of carbonyl (C=O) groups is 2. The van der Waals surface area contributed by atoms with Gasteiger partial charge in [-0.3, -0.25) is 0 Å². The molecule has 10 heteroatoms. The fourth-order valence-electron chi connectivity index (χ4n) is 1.32. The van der Waals surface area contributed by atoms with Gasteiger partial charge in [-0.05, 0) is 0 Å². The second-order valence-corrected chi connectivity index (χ2v) is 3.44. The third kappa shape index (κ3) is 10.7. The Morgan fingerprint density at radius 3 is 2.00 bits per heavy atom. The smallest absolute Gasteiger partial charge is 0.550 e. The van der Waals surface area contributed by atoms with Crippen LogP contribution in [0.4, 0.5) is 0 Å². The number of carboxylic acids is 2. The van der Waals surface area contributed by atoms with Gasteiger partial charge in [0.25, 0.3) is 0 Å². The second kappa shape index (κ2) is 11.6. The Hall–Kier alpha value is 0.780. The molecule has 0 aromatic heterocycles. The molecule has 0 aromatic carbocycles. The Balaban J connectivity index is -0.00000112. The van der Waals surface area contributed by atoms with Crippen LogP contribution in [0.3, 0.4) is 0 Å². The Labute approximate surface area is 149 Å². The van der Waals surface area contributed by atoms with Crippen LogP contribution in [-0.4, -0.2) is 47.1 Å². The summed E-state index contributed by atoms with van der Waals surface area (Å²) < 4.78 is 0. The number of aliphatic hydroxyl groups is 2. The molecule has 0 aliphatic heterocycles. The minimum Gasteiger partial charge on any atom is -0.550 e. The summed E-state index contributed by atoms with van der Waals surface area (Å²) in [7, 11) is 0. The summed E-state index contributed by atoms with van der Waals surface area (Å²) in [6.45, 7) is -0.927. The number of aliphatic hydroxyl groups excluding tert-OH is 1. The van der Waals surface area contributed by atoms with Crippen molar-refractivity contribution in [2.45, 2.75) is 24.7 Å². The predicted octanol–water partition coefficient (Wildman–Crippen LogP) is -11.1. The van der Waals surface area contributed by atoms with E-state index < -0.39 is 43.2 Å². The largest absolute Gasteiger partial charge is 1.00 e. The quantitative estimate of drug-likeness (QED) is 0.252. The molecule has 0 saturated carbocycles. The number of hydrogen-bond acceptors (Lipinski definition) is 8. The van der Waals surface area contributed by atoms with E-state index in [0.717, 1.165) is 0 Å². The number of carbonyl (C=O) groups excluding carboxylic acids is 2. The summed E-state index contributed by atoms with van der Waals surface area (Å²) >= 11 is 0. The van der Waals surface area contributed by atoms with Gasteiger partial charge in [0.05, 0.1) is 5.97 Å². The number of nitrogens with one attached hydrogen (secondary N) is 1. The summed E-state index contributed by atoms with van der Waals surface area (Å²) in [5.41, 5.74) is 3.86. The van der Waals surface area contributed by atoms with E-state index in [1.165, 1.54) is 0 Å². The minimum absolute atomic E-state index is 0. The van der Waals surface area contributed by atoms with E-state index in [-0.39, 0.29) is 65.7 Å². The van der Waals surface area contributed by atoms with E-state index in [9.17, 15) is 19.8 Å². The Bertz CT molecular complexity index is 266. The SMILES string of the molecule is NCC(CC(=O)[O-])(CC(O)O)NCC(=O)[O-].[Na+].[Na+]. The summed E-state index contributed by atoms with van der Waals surface area (Å²) in [5.74, 6) is -2.93. The topological polar surface area (TPSA) is 159 Å². The van der Waals surface area contributed by atoms with Crippen molar-refractivity contribution in [3.8, 4) is 0 Å². The molecular weight excluding hydrogens is 266 g/mol. The Morgan fingerprint density at radius 2 is 1.72 bits per heavy atom. The van der Waals surface area contributed by atoms with Crippen LogP contribution in [0.5, 0.6) is 0 Å². The molecular formula is C8H14N2Na2O6. The molecule has 0 spiro atoms. The van der Waals surface area contributed by atoms with Gasteiger partial charge in [-0.1, -0.05) is 0 Å². The van der Waals surface area contributed by atoms with Gasteiger partial charge in [-0.15, -0.1) is 0 Å². The zero-order valence-electron chi connectivity index (χ0n) is 10.5. The fraction of sp³-hybridized carbons (Fsp3) is 0.750. The van der Waals surface area contributed by atoms with Gasteiger partial charge in [0.2, 0.25) is 0 Å². The van der Waals surface area contributed by atoms with Crippen LogP contribution in [0.25, 0.3) is 0 Å². The normalized spacial score (nSPS) is 13.1. The maximum absolute atomic E-state index is 10.5. The van der Waals surface area contributed by atoms with Crippen molar-refractivity contribution in [2.24, 2.45) is 5.73 Å². The summed E-state index contributed by atoms with van der Waals surface area (Å²) in [6, 6.07) is 0. The number of carboxylic acid groups (broad SMARTS) is 2. The summed E-state index contributed by atoms with van der Waals surface area (Å²) in [4.78, 5) is 20.7. The molecule has 0 amide bonds. The fourth-order valence-corrected chi connectivity index (χ4v) is 1.32. The molecule has 0 fully saturated rings. The molecule has 0 saturated heterocycles. The molecule has 8 nitrogen and oxygen atoms in total. The van der Waals surface area contributed by atoms with Crippen LogP contribution < -0.4 is 80.4 Å². The van der Waals surface area contributed by atoms with Crippen LogP contribution in [0, 0.1) is 0 Å². The molecule has 5 N–H and O–H groups in total. The van der Waals surface area contributed by atoms with Crippen LogP contribution in [-0.2, 0) is 9.59 Å². The van der Waals surface area contributed by atoms with Gasteiger partial charge in [0.1, 0.15) is 0 Å². The van der Waals surface area contributed by atoms with Gasteiger partial charge < -0.3 is 41.1 Å². The number of aliphatic carboxylic acids is 2. The molecule has 0 aromatic rings. The van der Waals surface area contributed by atoms with E-state index >= 15 is 0 Å². The van der Waals surface area contributed by atoms with Crippen LogP contribution in [0.1, 0.15) is 12.8 Å². The second-order valence-electron chi connectivity index (χ2n) is 3.44. The van der Waals surface area contributed by atoms with Gasteiger partial charge >= 0.3 is 59.1 Å². The monoisotopic (exact) mass is 280 g/mol. The summed E-state index contributed by atoms with van der Waals surface area (Å²) in [6.07, 6.45) is -2.86. The molecule has 1 atom stereocenters. The van der Waals surface area contributed by atoms with Crippen LogP contribution in [0.15, 0.2) is 0 Å². The zero-order chi connectivity index (χ0) is 12.8. The van der Waals surface area contributed by atoms with Crippen LogP contribution in [0.2, 0.25) is 0 Å². The van der Waals surface area contributed by atoms with E-state index in [1.54, 1.807) is 0 Å². The Kier molecular flexibility index (Phi) is 15.4. The first-order valence-electron chi connectivity index (χ1n) is 4.52. The maximum Gasteiger partial charge on any atom is 1.00 e. The minimum atomic E-state index is -1.81.